The lowest BCUT2D eigenvalue weighted by Gasteiger charge is -2.10. The highest BCUT2D eigenvalue weighted by Gasteiger charge is 2.06. The van der Waals surface area contributed by atoms with Gasteiger partial charge in [0.2, 0.25) is 0 Å². The van der Waals surface area contributed by atoms with Crippen molar-refractivity contribution in [1.82, 2.24) is 0 Å². The Morgan fingerprint density at radius 1 is 0.862 bits per heavy atom. The minimum absolute atomic E-state index is 0. The largest absolute Gasteiger partial charge is 0.0984 e. The first-order valence-corrected chi connectivity index (χ1v) is 9.94. The third-order valence-electron chi connectivity index (χ3n) is 4.41. The van der Waals surface area contributed by atoms with Gasteiger partial charge >= 0.3 is 0 Å². The van der Waals surface area contributed by atoms with Crippen molar-refractivity contribution in [3.05, 3.63) is 120 Å². The first-order valence-electron chi connectivity index (χ1n) is 9.94. The van der Waals surface area contributed by atoms with E-state index in [1.54, 1.807) is 0 Å². The van der Waals surface area contributed by atoms with Gasteiger partial charge in [-0.1, -0.05) is 118 Å². The summed E-state index contributed by atoms with van der Waals surface area (Å²) in [6, 6.07) is 23.7. The summed E-state index contributed by atoms with van der Waals surface area (Å²) in [5, 5.41) is 2.53. The van der Waals surface area contributed by atoms with Gasteiger partial charge in [-0.25, -0.2) is 0 Å². The van der Waals surface area contributed by atoms with Gasteiger partial charge in [0, 0.05) is 0 Å². The Labute approximate surface area is 177 Å². The molecule has 0 heteroatoms. The van der Waals surface area contributed by atoms with Crippen LogP contribution in [-0.2, 0) is 0 Å². The van der Waals surface area contributed by atoms with Crippen LogP contribution in [0.3, 0.4) is 0 Å². The van der Waals surface area contributed by atoms with Crippen LogP contribution >= 0.6 is 0 Å². The lowest BCUT2D eigenvalue weighted by Crippen LogP contribution is -1.88. The van der Waals surface area contributed by atoms with Gasteiger partial charge in [0.1, 0.15) is 0 Å². The number of hydrogen-bond donors (Lipinski definition) is 0. The third kappa shape index (κ3) is 6.47. The smallest absolute Gasteiger partial charge is 0.0106 e. The average molecular weight is 383 g/mol. The molecule has 0 aromatic heterocycles. The Morgan fingerprint density at radius 3 is 2.17 bits per heavy atom. The van der Waals surface area contributed by atoms with Crippen molar-refractivity contribution in [2.45, 2.75) is 35.1 Å². The fourth-order valence-electron chi connectivity index (χ4n) is 3.06. The summed E-state index contributed by atoms with van der Waals surface area (Å²) >= 11 is 0. The molecule has 0 aliphatic heterocycles. The lowest BCUT2D eigenvalue weighted by molar-refractivity contribution is 1.50. The van der Waals surface area contributed by atoms with E-state index in [1.807, 2.05) is 39.0 Å². The first kappa shape index (κ1) is 23.9. The van der Waals surface area contributed by atoms with Crippen molar-refractivity contribution in [3.8, 4) is 0 Å². The topological polar surface area (TPSA) is 0 Å². The SMILES string of the molecule is C.C=CC(=C\C=C/C)/C(=C/c1ccc2cc(C)ccc2c1)c1ccccc1.CC. The molecular formula is C29H34. The maximum atomic E-state index is 4.02. The molecule has 0 nitrogen and oxygen atoms in total. The molecule has 0 aliphatic rings. The van der Waals surface area contributed by atoms with E-state index in [2.05, 4.69) is 92.4 Å². The standard InChI is InChI=1S/C26H24.C2H6.CH4/c1-4-6-10-22(5-2)26(23-11-8-7-9-12-23)19-21-14-16-24-17-20(3)13-15-25(24)18-21;1-2;/h4-19H,2H2,1,3H3;1-2H3;1H4/b6-4-,22-10+,26-19-;;. The highest BCUT2D eigenvalue weighted by molar-refractivity contribution is 5.95. The Balaban J connectivity index is 0.00000136. The molecule has 3 aromatic rings. The Bertz CT molecular complexity index is 999. The first-order chi connectivity index (χ1) is 13.7. The molecule has 0 spiro atoms. The Hall–Kier alpha value is -3.12. The summed E-state index contributed by atoms with van der Waals surface area (Å²) < 4.78 is 0. The van der Waals surface area contributed by atoms with Gasteiger partial charge in [-0.2, -0.15) is 0 Å². The molecular weight excluding hydrogens is 348 g/mol. The molecule has 0 saturated heterocycles. The van der Waals surface area contributed by atoms with Crippen LogP contribution in [0, 0.1) is 6.92 Å². The molecule has 0 saturated carbocycles. The highest BCUT2D eigenvalue weighted by Crippen LogP contribution is 2.28. The summed E-state index contributed by atoms with van der Waals surface area (Å²) in [5.74, 6) is 0. The van der Waals surface area contributed by atoms with Crippen molar-refractivity contribution in [2.24, 2.45) is 0 Å². The molecule has 3 aromatic carbocycles. The van der Waals surface area contributed by atoms with E-state index in [1.165, 1.54) is 33.0 Å². The zero-order valence-electron chi connectivity index (χ0n) is 17.4. The van der Waals surface area contributed by atoms with Crippen LogP contribution in [0.1, 0.15) is 44.9 Å². The molecule has 0 radical (unpaired) electrons. The van der Waals surface area contributed by atoms with E-state index >= 15 is 0 Å². The van der Waals surface area contributed by atoms with Crippen molar-refractivity contribution in [1.29, 1.82) is 0 Å². The van der Waals surface area contributed by atoms with Crippen LogP contribution in [0.2, 0.25) is 0 Å². The van der Waals surface area contributed by atoms with Crippen LogP contribution in [0.5, 0.6) is 0 Å². The Kier molecular flexibility index (Phi) is 10.2. The number of benzene rings is 3. The van der Waals surface area contributed by atoms with Crippen LogP contribution < -0.4 is 0 Å². The summed E-state index contributed by atoms with van der Waals surface area (Å²) in [6.45, 7) is 12.2. The van der Waals surface area contributed by atoms with E-state index in [0.29, 0.717) is 0 Å². The monoisotopic (exact) mass is 382 g/mol. The van der Waals surface area contributed by atoms with Gasteiger partial charge in [0.15, 0.2) is 0 Å². The molecule has 29 heavy (non-hydrogen) atoms. The maximum absolute atomic E-state index is 4.02. The number of fused-ring (bicyclic) bond motifs is 1. The molecule has 0 bridgehead atoms. The van der Waals surface area contributed by atoms with Gasteiger partial charge in [0.05, 0.1) is 0 Å². The van der Waals surface area contributed by atoms with E-state index < -0.39 is 0 Å². The van der Waals surface area contributed by atoms with Crippen LogP contribution in [0.15, 0.2) is 103 Å². The van der Waals surface area contributed by atoms with Crippen molar-refractivity contribution in [3.63, 3.8) is 0 Å². The molecule has 0 unspecified atom stereocenters. The van der Waals surface area contributed by atoms with Crippen molar-refractivity contribution < 1.29 is 0 Å². The second kappa shape index (κ2) is 12.4. The van der Waals surface area contributed by atoms with Crippen molar-refractivity contribution >= 4 is 22.4 Å². The predicted molar refractivity (Wildman–Crippen MR) is 134 cm³/mol. The Morgan fingerprint density at radius 2 is 1.52 bits per heavy atom. The van der Waals surface area contributed by atoms with Crippen LogP contribution in [0.4, 0.5) is 0 Å². The number of aryl methyl sites for hydroxylation is 1. The highest BCUT2D eigenvalue weighted by atomic mass is 14.1. The van der Waals surface area contributed by atoms with Gasteiger partial charge < -0.3 is 0 Å². The molecule has 0 atom stereocenters. The summed E-state index contributed by atoms with van der Waals surface area (Å²) in [6.07, 6.45) is 10.4. The number of rotatable bonds is 5. The van der Waals surface area contributed by atoms with E-state index in [-0.39, 0.29) is 7.43 Å². The van der Waals surface area contributed by atoms with Crippen LogP contribution in [0.25, 0.3) is 22.4 Å². The van der Waals surface area contributed by atoms with Gasteiger partial charge in [-0.3, -0.25) is 0 Å². The van der Waals surface area contributed by atoms with Gasteiger partial charge in [-0.05, 0) is 59.0 Å². The van der Waals surface area contributed by atoms with Gasteiger partial charge in [-0.15, -0.1) is 0 Å². The number of hydrogen-bond acceptors (Lipinski definition) is 0. The fourth-order valence-corrected chi connectivity index (χ4v) is 3.06. The average Bonchev–Trinajstić information content (AvgIpc) is 2.75. The molecule has 0 aliphatic carbocycles. The third-order valence-corrected chi connectivity index (χ3v) is 4.41. The molecule has 3 rings (SSSR count). The van der Waals surface area contributed by atoms with Gasteiger partial charge in [0.25, 0.3) is 0 Å². The lowest BCUT2D eigenvalue weighted by atomic mass is 9.94. The molecule has 0 N–H and O–H groups in total. The predicted octanol–water partition coefficient (Wildman–Crippen LogP) is 9.04. The minimum atomic E-state index is 0. The van der Waals surface area contributed by atoms with Crippen LogP contribution in [-0.4, -0.2) is 0 Å². The number of allylic oxidation sites excluding steroid dienone is 6. The quantitative estimate of drug-likeness (QED) is 0.305. The summed E-state index contributed by atoms with van der Waals surface area (Å²) in [7, 11) is 0. The van der Waals surface area contributed by atoms with E-state index in [4.69, 9.17) is 0 Å². The molecule has 150 valence electrons. The minimum Gasteiger partial charge on any atom is -0.0984 e. The zero-order chi connectivity index (χ0) is 20.4. The van der Waals surface area contributed by atoms with E-state index in [9.17, 15) is 0 Å². The zero-order valence-corrected chi connectivity index (χ0v) is 17.4. The summed E-state index contributed by atoms with van der Waals surface area (Å²) in [4.78, 5) is 0. The second-order valence-electron chi connectivity index (χ2n) is 6.39. The molecule has 0 heterocycles. The maximum Gasteiger partial charge on any atom is -0.0106 e. The normalized spacial score (nSPS) is 11.6. The second-order valence-corrected chi connectivity index (χ2v) is 6.39. The molecule has 0 fully saturated rings. The summed E-state index contributed by atoms with van der Waals surface area (Å²) in [5.41, 5.74) is 5.94. The fraction of sp³-hybridized carbons (Fsp3) is 0.172. The van der Waals surface area contributed by atoms with Crippen molar-refractivity contribution in [2.75, 3.05) is 0 Å². The van der Waals surface area contributed by atoms with E-state index in [0.717, 1.165) is 5.57 Å². The molecule has 0 amide bonds.